The molecule has 1 aromatic carbocycles. The summed E-state index contributed by atoms with van der Waals surface area (Å²) in [5.41, 5.74) is 2.60. The Morgan fingerprint density at radius 3 is 2.93 bits per heavy atom. The van der Waals surface area contributed by atoms with Crippen LogP contribution in [0.5, 0.6) is 0 Å². The first kappa shape index (κ1) is 11.7. The van der Waals surface area contributed by atoms with Crippen molar-refractivity contribution in [3.05, 3.63) is 35.4 Å². The van der Waals surface area contributed by atoms with Crippen molar-refractivity contribution in [2.75, 3.05) is 6.54 Å². The van der Waals surface area contributed by atoms with Crippen molar-refractivity contribution in [3.8, 4) is 6.07 Å². The quantitative estimate of drug-likeness (QED) is 0.745. The SMILES string of the molecule is Cc1cccc([C@@H](C)NCCCC#N)c1. The Morgan fingerprint density at radius 2 is 2.27 bits per heavy atom. The van der Waals surface area contributed by atoms with Crippen molar-refractivity contribution >= 4 is 0 Å². The second-order valence-electron chi connectivity index (χ2n) is 3.85. The van der Waals surface area contributed by atoms with Crippen molar-refractivity contribution in [2.24, 2.45) is 0 Å². The lowest BCUT2D eigenvalue weighted by molar-refractivity contribution is 0.562. The first-order valence-electron chi connectivity index (χ1n) is 5.41. The largest absolute Gasteiger partial charge is 0.310 e. The lowest BCUT2D eigenvalue weighted by Gasteiger charge is -2.14. The smallest absolute Gasteiger partial charge is 0.0622 e. The highest BCUT2D eigenvalue weighted by Crippen LogP contribution is 2.13. The summed E-state index contributed by atoms with van der Waals surface area (Å²) in [4.78, 5) is 0. The molecule has 0 bridgehead atoms. The Balaban J connectivity index is 2.40. The third-order valence-electron chi connectivity index (χ3n) is 2.46. The van der Waals surface area contributed by atoms with E-state index in [1.54, 1.807) is 0 Å². The predicted molar refractivity (Wildman–Crippen MR) is 62.4 cm³/mol. The molecule has 0 aliphatic carbocycles. The van der Waals surface area contributed by atoms with Gasteiger partial charge in [-0.2, -0.15) is 5.26 Å². The zero-order valence-corrected chi connectivity index (χ0v) is 9.46. The third-order valence-corrected chi connectivity index (χ3v) is 2.46. The lowest BCUT2D eigenvalue weighted by atomic mass is 10.1. The van der Waals surface area contributed by atoms with Crippen LogP contribution in [0.1, 0.15) is 36.9 Å². The topological polar surface area (TPSA) is 35.8 Å². The van der Waals surface area contributed by atoms with Gasteiger partial charge in [0.2, 0.25) is 0 Å². The molecule has 0 aliphatic heterocycles. The fourth-order valence-electron chi connectivity index (χ4n) is 1.54. The normalized spacial score (nSPS) is 12.1. The zero-order chi connectivity index (χ0) is 11.1. The minimum atomic E-state index is 0.364. The van der Waals surface area contributed by atoms with Crippen molar-refractivity contribution in [2.45, 2.75) is 32.7 Å². The molecule has 2 nitrogen and oxygen atoms in total. The minimum absolute atomic E-state index is 0.364. The second-order valence-corrected chi connectivity index (χ2v) is 3.85. The number of nitrogens with zero attached hydrogens (tertiary/aromatic N) is 1. The maximum Gasteiger partial charge on any atom is 0.0622 e. The molecule has 1 aromatic rings. The highest BCUT2D eigenvalue weighted by molar-refractivity contribution is 5.24. The van der Waals surface area contributed by atoms with E-state index in [2.05, 4.69) is 49.5 Å². The Hall–Kier alpha value is -1.33. The summed E-state index contributed by atoms with van der Waals surface area (Å²) in [5.74, 6) is 0. The van der Waals surface area contributed by atoms with Gasteiger partial charge in [-0.25, -0.2) is 0 Å². The molecule has 0 unspecified atom stereocenters. The van der Waals surface area contributed by atoms with Crippen LogP contribution < -0.4 is 5.32 Å². The van der Waals surface area contributed by atoms with Gasteiger partial charge in [0, 0.05) is 12.5 Å². The Labute approximate surface area is 91.9 Å². The summed E-state index contributed by atoms with van der Waals surface area (Å²) in [6.07, 6.45) is 1.56. The highest BCUT2D eigenvalue weighted by atomic mass is 14.9. The maximum atomic E-state index is 8.41. The van der Waals surface area contributed by atoms with Crippen molar-refractivity contribution in [1.82, 2.24) is 5.32 Å². The summed E-state index contributed by atoms with van der Waals surface area (Å²) >= 11 is 0. The van der Waals surface area contributed by atoms with Gasteiger partial charge >= 0.3 is 0 Å². The fraction of sp³-hybridized carbons (Fsp3) is 0.462. The van der Waals surface area contributed by atoms with Crippen molar-refractivity contribution in [3.63, 3.8) is 0 Å². The zero-order valence-electron chi connectivity index (χ0n) is 9.46. The lowest BCUT2D eigenvalue weighted by Crippen LogP contribution is -2.19. The summed E-state index contributed by atoms with van der Waals surface area (Å²) in [6.45, 7) is 5.16. The predicted octanol–water partition coefficient (Wildman–Crippen LogP) is 2.95. The Bertz CT molecular complexity index is 339. The first-order valence-corrected chi connectivity index (χ1v) is 5.41. The van der Waals surface area contributed by atoms with E-state index in [0.717, 1.165) is 13.0 Å². The van der Waals surface area contributed by atoms with Crippen LogP contribution in [0.25, 0.3) is 0 Å². The van der Waals surface area contributed by atoms with Gasteiger partial charge in [0.05, 0.1) is 6.07 Å². The van der Waals surface area contributed by atoms with Gasteiger partial charge in [0.1, 0.15) is 0 Å². The third kappa shape index (κ3) is 4.14. The van der Waals surface area contributed by atoms with Crippen LogP contribution in [0.3, 0.4) is 0 Å². The number of unbranched alkanes of at least 4 members (excludes halogenated alkanes) is 1. The van der Waals surface area contributed by atoms with E-state index < -0.39 is 0 Å². The van der Waals surface area contributed by atoms with E-state index in [0.29, 0.717) is 12.5 Å². The fourth-order valence-corrected chi connectivity index (χ4v) is 1.54. The molecule has 0 radical (unpaired) electrons. The van der Waals surface area contributed by atoms with Crippen LogP contribution in [-0.4, -0.2) is 6.54 Å². The van der Waals surface area contributed by atoms with E-state index >= 15 is 0 Å². The molecular formula is C13H18N2. The van der Waals surface area contributed by atoms with Crippen LogP contribution in [0.4, 0.5) is 0 Å². The number of rotatable bonds is 5. The molecule has 15 heavy (non-hydrogen) atoms. The standard InChI is InChI=1S/C13H18N2/c1-11-6-5-7-13(10-11)12(2)15-9-4-3-8-14/h5-7,10,12,15H,3-4,9H2,1-2H3/t12-/m1/s1. The summed E-state index contributed by atoms with van der Waals surface area (Å²) in [7, 11) is 0. The Kier molecular flexibility index (Phi) is 4.86. The van der Waals surface area contributed by atoms with Gasteiger partial charge in [-0.1, -0.05) is 29.8 Å². The van der Waals surface area contributed by atoms with E-state index in [-0.39, 0.29) is 0 Å². The molecule has 80 valence electrons. The molecule has 0 fully saturated rings. The molecule has 0 aromatic heterocycles. The second kappa shape index (κ2) is 6.21. The number of nitriles is 1. The number of hydrogen-bond acceptors (Lipinski definition) is 2. The van der Waals surface area contributed by atoms with Gasteiger partial charge in [0.15, 0.2) is 0 Å². The molecule has 0 spiro atoms. The highest BCUT2D eigenvalue weighted by Gasteiger charge is 2.03. The van der Waals surface area contributed by atoms with E-state index in [1.165, 1.54) is 11.1 Å². The number of benzene rings is 1. The molecule has 0 heterocycles. The van der Waals surface area contributed by atoms with Crippen LogP contribution in [0, 0.1) is 18.3 Å². The minimum Gasteiger partial charge on any atom is -0.310 e. The first-order chi connectivity index (χ1) is 7.24. The van der Waals surface area contributed by atoms with Gasteiger partial charge in [-0.3, -0.25) is 0 Å². The number of hydrogen-bond donors (Lipinski definition) is 1. The molecule has 0 saturated heterocycles. The average molecular weight is 202 g/mol. The molecule has 1 rings (SSSR count). The van der Waals surface area contributed by atoms with E-state index in [1.807, 2.05) is 0 Å². The number of nitrogens with one attached hydrogen (secondary N) is 1. The van der Waals surface area contributed by atoms with Crippen molar-refractivity contribution in [1.29, 1.82) is 5.26 Å². The molecule has 0 saturated carbocycles. The number of aryl methyl sites for hydroxylation is 1. The van der Waals surface area contributed by atoms with Crippen LogP contribution >= 0.6 is 0 Å². The molecular weight excluding hydrogens is 184 g/mol. The van der Waals surface area contributed by atoms with Gasteiger partial charge in [-0.15, -0.1) is 0 Å². The molecule has 1 N–H and O–H groups in total. The maximum absolute atomic E-state index is 8.41. The van der Waals surface area contributed by atoms with Crippen molar-refractivity contribution < 1.29 is 0 Å². The van der Waals surface area contributed by atoms with Crippen LogP contribution in [0.2, 0.25) is 0 Å². The van der Waals surface area contributed by atoms with Crippen LogP contribution in [-0.2, 0) is 0 Å². The van der Waals surface area contributed by atoms with Gasteiger partial charge < -0.3 is 5.32 Å². The van der Waals surface area contributed by atoms with Gasteiger partial charge in [0.25, 0.3) is 0 Å². The summed E-state index contributed by atoms with van der Waals surface area (Å²) < 4.78 is 0. The summed E-state index contributed by atoms with van der Waals surface area (Å²) in [5, 5.41) is 11.8. The molecule has 0 amide bonds. The van der Waals surface area contributed by atoms with Gasteiger partial charge in [-0.05, 0) is 32.4 Å². The van der Waals surface area contributed by atoms with E-state index in [9.17, 15) is 0 Å². The summed E-state index contributed by atoms with van der Waals surface area (Å²) in [6, 6.07) is 11.0. The van der Waals surface area contributed by atoms with Crippen LogP contribution in [0.15, 0.2) is 24.3 Å². The Morgan fingerprint density at radius 1 is 1.47 bits per heavy atom. The molecule has 0 aliphatic rings. The molecule has 1 atom stereocenters. The molecule has 2 heteroatoms. The average Bonchev–Trinajstić information content (AvgIpc) is 2.24. The van der Waals surface area contributed by atoms with E-state index in [4.69, 9.17) is 5.26 Å². The monoisotopic (exact) mass is 202 g/mol.